The molecule has 5 rings (SSSR count). The van der Waals surface area contributed by atoms with Crippen LogP contribution in [0, 0.1) is 31.4 Å². The van der Waals surface area contributed by atoms with Crippen LogP contribution >= 0.6 is 0 Å². The van der Waals surface area contributed by atoms with E-state index in [1.54, 1.807) is 12.1 Å². The van der Waals surface area contributed by atoms with Gasteiger partial charge in [-0.1, -0.05) is 13.8 Å². The van der Waals surface area contributed by atoms with E-state index in [0.717, 1.165) is 61.6 Å². The molecule has 3 aromatic carbocycles. The smallest absolute Gasteiger partial charge is 0.217 e. The lowest BCUT2D eigenvalue weighted by molar-refractivity contribution is -0.633. The molecule has 2 heterocycles. The fraction of sp³-hybridized carbons (Fsp3) is 0.250. The van der Waals surface area contributed by atoms with E-state index in [2.05, 4.69) is 44.4 Å². The highest BCUT2D eigenvalue weighted by molar-refractivity contribution is 6.10. The van der Waals surface area contributed by atoms with E-state index in [1.165, 1.54) is 18.2 Å². The first-order chi connectivity index (χ1) is 15.2. The number of rotatable bonds is 3. The highest BCUT2D eigenvalue weighted by atomic mass is 19.1. The summed E-state index contributed by atoms with van der Waals surface area (Å²) in [5.41, 5.74) is 7.63. The van der Waals surface area contributed by atoms with Crippen molar-refractivity contribution in [2.75, 3.05) is 0 Å². The van der Waals surface area contributed by atoms with Crippen molar-refractivity contribution in [2.24, 2.45) is 13.0 Å². The number of hydrogen-bond acceptors (Lipinski definition) is 1. The summed E-state index contributed by atoms with van der Waals surface area (Å²) in [6.07, 6.45) is 0.840. The molecule has 162 valence electrons. The quantitative estimate of drug-likeness (QED) is 0.274. The molecule has 0 amide bonds. The molecule has 0 spiro atoms. The molecule has 0 aliphatic heterocycles. The molecule has 0 atom stereocenters. The van der Waals surface area contributed by atoms with E-state index in [1.807, 2.05) is 13.1 Å². The molecule has 0 radical (unpaired) electrons. The Hall–Kier alpha value is -3.27. The minimum Gasteiger partial charge on any atom is -0.455 e. The first-order valence-corrected chi connectivity index (χ1v) is 11.0. The van der Waals surface area contributed by atoms with Gasteiger partial charge in [0.2, 0.25) is 11.2 Å². The van der Waals surface area contributed by atoms with Gasteiger partial charge in [0, 0.05) is 29.0 Å². The van der Waals surface area contributed by atoms with Gasteiger partial charge >= 0.3 is 0 Å². The molecule has 0 saturated heterocycles. The van der Waals surface area contributed by atoms with Crippen molar-refractivity contribution in [2.45, 2.75) is 34.1 Å². The van der Waals surface area contributed by atoms with Crippen molar-refractivity contribution in [1.29, 1.82) is 0 Å². The molecular weight excluding hydrogens is 404 g/mol. The molecule has 0 unspecified atom stereocenters. The zero-order valence-corrected chi connectivity index (χ0v) is 19.0. The maximum Gasteiger partial charge on any atom is 0.217 e. The van der Waals surface area contributed by atoms with E-state index in [9.17, 15) is 8.78 Å². The number of pyridine rings is 1. The molecule has 5 aromatic rings. The van der Waals surface area contributed by atoms with E-state index in [-0.39, 0.29) is 11.6 Å². The number of aromatic nitrogens is 1. The van der Waals surface area contributed by atoms with Crippen LogP contribution in [0.2, 0.25) is 0 Å². The third kappa shape index (κ3) is 3.17. The van der Waals surface area contributed by atoms with Gasteiger partial charge < -0.3 is 4.42 Å². The molecular formula is C28H26F2NO+. The topological polar surface area (TPSA) is 17.0 Å². The number of hydrogen-bond donors (Lipinski definition) is 0. The fourth-order valence-corrected chi connectivity index (χ4v) is 4.80. The van der Waals surface area contributed by atoms with Crippen LogP contribution in [0.3, 0.4) is 0 Å². The molecule has 2 aromatic heterocycles. The normalized spacial score (nSPS) is 12.0. The lowest BCUT2D eigenvalue weighted by Crippen LogP contribution is -2.33. The Balaban J connectivity index is 1.92. The predicted molar refractivity (Wildman–Crippen MR) is 126 cm³/mol. The lowest BCUT2D eigenvalue weighted by atomic mass is 9.92. The number of benzene rings is 3. The third-order valence-electron chi connectivity index (χ3n) is 6.47. The summed E-state index contributed by atoms with van der Waals surface area (Å²) < 4.78 is 36.4. The summed E-state index contributed by atoms with van der Waals surface area (Å²) in [4.78, 5) is 0. The summed E-state index contributed by atoms with van der Waals surface area (Å²) in [6.45, 7) is 8.52. The van der Waals surface area contributed by atoms with Gasteiger partial charge in [-0.2, -0.15) is 4.57 Å². The largest absolute Gasteiger partial charge is 0.455 e. The minimum absolute atomic E-state index is 0.233. The number of aryl methyl sites for hydroxylation is 2. The molecule has 4 heteroatoms. The highest BCUT2D eigenvalue weighted by Gasteiger charge is 2.25. The second-order valence-electron chi connectivity index (χ2n) is 9.19. The Morgan fingerprint density at radius 1 is 0.875 bits per heavy atom. The second-order valence-corrected chi connectivity index (χ2v) is 9.19. The van der Waals surface area contributed by atoms with Gasteiger partial charge in [-0.15, -0.1) is 0 Å². The van der Waals surface area contributed by atoms with Crippen LogP contribution in [-0.4, -0.2) is 0 Å². The molecule has 0 fully saturated rings. The Bertz CT molecular complexity index is 1530. The van der Waals surface area contributed by atoms with Crippen molar-refractivity contribution in [3.8, 4) is 11.3 Å². The summed E-state index contributed by atoms with van der Waals surface area (Å²) >= 11 is 0. The molecule has 32 heavy (non-hydrogen) atoms. The summed E-state index contributed by atoms with van der Waals surface area (Å²) in [5, 5.41) is 2.81. The van der Waals surface area contributed by atoms with E-state index < -0.39 is 0 Å². The number of halogens is 2. The van der Waals surface area contributed by atoms with Crippen molar-refractivity contribution < 1.29 is 17.8 Å². The lowest BCUT2D eigenvalue weighted by Gasteiger charge is -2.14. The van der Waals surface area contributed by atoms with Crippen molar-refractivity contribution in [3.63, 3.8) is 0 Å². The number of furan rings is 1. The van der Waals surface area contributed by atoms with Crippen LogP contribution in [0.5, 0.6) is 0 Å². The van der Waals surface area contributed by atoms with E-state index in [0.29, 0.717) is 11.5 Å². The minimum atomic E-state index is -0.316. The standard InChI is InChI=1S/C28H26F2NO/c1-15(2)10-18-12-25(31(5)24-9-7-19(29)13-22(18)24)27-17(4)16(3)11-23-21-8-6-20(30)14-26(21)32-28(23)27/h6-9,11-15H,10H2,1-5H3/q+1. The molecule has 0 aliphatic carbocycles. The third-order valence-corrected chi connectivity index (χ3v) is 6.47. The van der Waals surface area contributed by atoms with Gasteiger partial charge in [0.1, 0.15) is 29.8 Å². The Kier molecular flexibility index (Phi) is 4.77. The van der Waals surface area contributed by atoms with Crippen LogP contribution in [-0.2, 0) is 13.5 Å². The van der Waals surface area contributed by atoms with Gasteiger partial charge in [-0.25, -0.2) is 8.78 Å². The van der Waals surface area contributed by atoms with Crippen LogP contribution in [0.25, 0.3) is 44.1 Å². The summed E-state index contributed by atoms with van der Waals surface area (Å²) in [7, 11) is 2.00. The first kappa shape index (κ1) is 20.6. The molecule has 0 aliphatic rings. The van der Waals surface area contributed by atoms with Gasteiger partial charge in [-0.05, 0) is 73.2 Å². The zero-order valence-electron chi connectivity index (χ0n) is 19.0. The SMILES string of the molecule is Cc1cc2c(oc3cc(F)ccc32)c(-c2cc(CC(C)C)c3cc(F)ccc3[n+]2C)c1C. The number of nitrogens with zero attached hydrogens (tertiary/aromatic N) is 1. The van der Waals surface area contributed by atoms with Gasteiger partial charge in [0.05, 0.1) is 10.9 Å². The van der Waals surface area contributed by atoms with Gasteiger partial charge in [0.25, 0.3) is 0 Å². The first-order valence-electron chi connectivity index (χ1n) is 11.0. The van der Waals surface area contributed by atoms with Crippen LogP contribution in [0.15, 0.2) is 52.9 Å². The predicted octanol–water partition coefficient (Wildman–Crippen LogP) is 7.32. The Morgan fingerprint density at radius 2 is 1.59 bits per heavy atom. The maximum absolute atomic E-state index is 14.1. The summed E-state index contributed by atoms with van der Waals surface area (Å²) in [5.74, 6) is -0.123. The van der Waals surface area contributed by atoms with Crippen molar-refractivity contribution in [3.05, 3.63) is 76.9 Å². The fourth-order valence-electron chi connectivity index (χ4n) is 4.80. The molecule has 0 saturated carbocycles. The molecule has 0 N–H and O–H groups in total. The van der Waals surface area contributed by atoms with Crippen LogP contribution in [0.1, 0.15) is 30.5 Å². The van der Waals surface area contributed by atoms with E-state index in [4.69, 9.17) is 4.42 Å². The van der Waals surface area contributed by atoms with Crippen molar-refractivity contribution >= 4 is 32.8 Å². The van der Waals surface area contributed by atoms with Gasteiger partial charge in [-0.3, -0.25) is 0 Å². The Morgan fingerprint density at radius 3 is 2.34 bits per heavy atom. The highest BCUT2D eigenvalue weighted by Crippen LogP contribution is 2.39. The van der Waals surface area contributed by atoms with Crippen LogP contribution in [0.4, 0.5) is 8.78 Å². The molecule has 0 bridgehead atoms. The Labute approximate surface area is 186 Å². The monoisotopic (exact) mass is 430 g/mol. The maximum atomic E-state index is 14.1. The van der Waals surface area contributed by atoms with Gasteiger partial charge in [0.15, 0.2) is 0 Å². The molecule has 2 nitrogen and oxygen atoms in total. The average molecular weight is 431 g/mol. The van der Waals surface area contributed by atoms with Crippen molar-refractivity contribution in [1.82, 2.24) is 0 Å². The van der Waals surface area contributed by atoms with Crippen LogP contribution < -0.4 is 4.57 Å². The number of fused-ring (bicyclic) bond motifs is 4. The van der Waals surface area contributed by atoms with E-state index >= 15 is 0 Å². The summed E-state index contributed by atoms with van der Waals surface area (Å²) in [6, 6.07) is 13.9. The zero-order chi connectivity index (χ0) is 22.7. The average Bonchev–Trinajstić information content (AvgIpc) is 3.08. The second kappa shape index (κ2) is 7.40.